The molecule has 9 aromatic rings. The van der Waals surface area contributed by atoms with Crippen LogP contribution in [0.5, 0.6) is 0 Å². The summed E-state index contributed by atoms with van der Waals surface area (Å²) in [6, 6.07) is 52.2. The van der Waals surface area contributed by atoms with Crippen LogP contribution in [-0.2, 0) is 21.1 Å². The molecular formula is C58H57N5Pt. The molecule has 3 aromatic heterocycles. The minimum absolute atomic E-state index is 0. The molecular weight excluding hydrogens is 962 g/mol. The zero-order chi connectivity index (χ0) is 44.1. The Bertz CT molecular complexity index is 3260. The zero-order valence-corrected chi connectivity index (χ0v) is 41.2. The number of pyridine rings is 1. The van der Waals surface area contributed by atoms with E-state index in [0.717, 1.165) is 66.9 Å². The standard InChI is InChI=1S/C58H57N5.Pt/c1-35(2)53(36(3)4)58(11)57(9,10)63(54-39(7)17-15-18-40(54)8)55(60-58)43-31-42(41-19-13-12-14-20-41)32-45(33-43)61-50-26-22-37(5)29-48(50)46-25-24-44(34-52(46)61)62-51-27-23-38(6)30-49(51)47-21-16-28-59-56(47)62;/h12-32,35-36,53H,1-11H3;/q-2;+2/t58-;/m1./s1. The number of rotatable bonds is 8. The Morgan fingerprint density at radius 1 is 0.562 bits per heavy atom. The second-order valence-electron chi connectivity index (χ2n) is 19.5. The molecule has 0 fully saturated rings. The SMILES string of the molecule is Cc1ccc2c(c1)c1ccc(-n3c4ccc(C)cc4c4cccnc43)[c-]c1n2-c1[c-]c(C2=N[C@](C)(C(C(C)C)C(C)C)C(C)(C)N2c2c(C)cccc2C)cc(-c2ccccc2)c1.[Pt+2]. The molecule has 0 saturated heterocycles. The van der Waals surface area contributed by atoms with Crippen molar-refractivity contribution in [2.24, 2.45) is 22.7 Å². The van der Waals surface area contributed by atoms with E-state index < -0.39 is 5.54 Å². The fourth-order valence-electron chi connectivity index (χ4n) is 11.4. The van der Waals surface area contributed by atoms with Crippen molar-refractivity contribution in [3.63, 3.8) is 0 Å². The van der Waals surface area contributed by atoms with Gasteiger partial charge in [-0.2, -0.15) is 6.07 Å². The van der Waals surface area contributed by atoms with E-state index >= 15 is 0 Å². The molecule has 6 heteroatoms. The first-order valence-electron chi connectivity index (χ1n) is 22.6. The number of anilines is 1. The molecule has 0 spiro atoms. The number of aromatic nitrogens is 3. The third-order valence-corrected chi connectivity index (χ3v) is 14.3. The van der Waals surface area contributed by atoms with Gasteiger partial charge in [0.2, 0.25) is 0 Å². The second kappa shape index (κ2) is 16.0. The predicted molar refractivity (Wildman–Crippen MR) is 266 cm³/mol. The maximum Gasteiger partial charge on any atom is 2.00 e. The average molecular weight is 1020 g/mol. The third-order valence-electron chi connectivity index (χ3n) is 14.3. The minimum Gasteiger partial charge on any atom is -0.358 e. The van der Waals surface area contributed by atoms with E-state index in [1.54, 1.807) is 0 Å². The Morgan fingerprint density at radius 2 is 1.20 bits per heavy atom. The molecule has 5 nitrogen and oxygen atoms in total. The van der Waals surface area contributed by atoms with Crippen LogP contribution in [-0.4, -0.2) is 31.0 Å². The van der Waals surface area contributed by atoms with Gasteiger partial charge in [0.1, 0.15) is 5.65 Å². The van der Waals surface area contributed by atoms with Crippen LogP contribution >= 0.6 is 0 Å². The molecule has 10 rings (SSSR count). The third kappa shape index (κ3) is 6.68. The van der Waals surface area contributed by atoms with Gasteiger partial charge >= 0.3 is 21.1 Å². The molecule has 0 aliphatic carbocycles. The number of hydrogen-bond donors (Lipinski definition) is 0. The number of aliphatic imine (C=N–C) groups is 1. The van der Waals surface area contributed by atoms with Crippen LogP contribution in [0.15, 0.2) is 133 Å². The van der Waals surface area contributed by atoms with E-state index in [1.807, 2.05) is 12.3 Å². The largest absolute Gasteiger partial charge is 2.00 e. The number of amidine groups is 1. The van der Waals surface area contributed by atoms with Crippen molar-refractivity contribution in [1.29, 1.82) is 0 Å². The van der Waals surface area contributed by atoms with Crippen molar-refractivity contribution in [2.75, 3.05) is 4.90 Å². The summed E-state index contributed by atoms with van der Waals surface area (Å²) < 4.78 is 4.65. The Kier molecular flexibility index (Phi) is 10.9. The molecule has 6 aromatic carbocycles. The van der Waals surface area contributed by atoms with E-state index in [0.29, 0.717) is 17.8 Å². The Labute approximate surface area is 393 Å². The van der Waals surface area contributed by atoms with Crippen molar-refractivity contribution in [3.05, 3.63) is 167 Å². The number of hydrogen-bond acceptors (Lipinski definition) is 3. The summed E-state index contributed by atoms with van der Waals surface area (Å²) in [5, 5.41) is 4.65. The average Bonchev–Trinajstić information content (AvgIpc) is 3.82. The Balaban J connectivity index is 0.00000518. The van der Waals surface area contributed by atoms with Crippen LogP contribution in [0.25, 0.3) is 66.2 Å². The zero-order valence-electron chi connectivity index (χ0n) is 38.9. The minimum atomic E-state index is -0.419. The number of aryl methyl sites for hydroxylation is 4. The summed E-state index contributed by atoms with van der Waals surface area (Å²) in [5.74, 6) is 2.12. The van der Waals surface area contributed by atoms with Crippen LogP contribution in [0.4, 0.5) is 5.69 Å². The fraction of sp³-hybridized carbons (Fsp3) is 0.276. The summed E-state index contributed by atoms with van der Waals surface area (Å²) >= 11 is 0. The van der Waals surface area contributed by atoms with Gasteiger partial charge in [0.05, 0.1) is 22.4 Å². The topological polar surface area (TPSA) is 38.4 Å². The Hall–Kier alpha value is -5.77. The summed E-state index contributed by atoms with van der Waals surface area (Å²) in [4.78, 5) is 13.5. The van der Waals surface area contributed by atoms with Crippen LogP contribution in [0.2, 0.25) is 0 Å². The first-order chi connectivity index (χ1) is 30.2. The molecule has 0 N–H and O–H groups in total. The van der Waals surface area contributed by atoms with Crippen molar-refractivity contribution < 1.29 is 21.1 Å². The molecule has 0 unspecified atom stereocenters. The molecule has 0 amide bonds. The molecule has 1 aliphatic rings. The monoisotopic (exact) mass is 1020 g/mol. The van der Waals surface area contributed by atoms with Gasteiger partial charge in [0.15, 0.2) is 0 Å². The maximum atomic E-state index is 6.02. The number of benzene rings is 6. The van der Waals surface area contributed by atoms with Crippen LogP contribution in [0.1, 0.15) is 76.3 Å². The molecule has 1 atom stereocenters. The van der Waals surface area contributed by atoms with Gasteiger partial charge in [0, 0.05) is 28.2 Å². The van der Waals surface area contributed by atoms with Gasteiger partial charge < -0.3 is 19.0 Å². The normalized spacial score (nSPS) is 16.3. The number of fused-ring (bicyclic) bond motifs is 6. The van der Waals surface area contributed by atoms with Crippen molar-refractivity contribution in [1.82, 2.24) is 14.1 Å². The van der Waals surface area contributed by atoms with Gasteiger partial charge in [-0.15, -0.1) is 41.3 Å². The molecule has 0 bridgehead atoms. The van der Waals surface area contributed by atoms with Crippen LogP contribution in [0.3, 0.4) is 0 Å². The van der Waals surface area contributed by atoms with E-state index in [4.69, 9.17) is 9.98 Å². The quantitative estimate of drug-likeness (QED) is 0.142. The molecule has 4 heterocycles. The molecule has 0 saturated carbocycles. The predicted octanol–water partition coefficient (Wildman–Crippen LogP) is 14.5. The molecule has 1 aliphatic heterocycles. The van der Waals surface area contributed by atoms with E-state index in [9.17, 15) is 0 Å². The van der Waals surface area contributed by atoms with Crippen LogP contribution < -0.4 is 4.90 Å². The van der Waals surface area contributed by atoms with E-state index in [2.05, 4.69) is 218 Å². The van der Waals surface area contributed by atoms with E-state index in [1.165, 1.54) is 38.7 Å². The van der Waals surface area contributed by atoms with Gasteiger partial charge in [0.25, 0.3) is 0 Å². The van der Waals surface area contributed by atoms with Crippen molar-refractivity contribution in [2.45, 2.75) is 87.2 Å². The summed E-state index contributed by atoms with van der Waals surface area (Å²) in [6.07, 6.45) is 1.89. The van der Waals surface area contributed by atoms with Crippen molar-refractivity contribution in [3.8, 4) is 22.5 Å². The fourth-order valence-corrected chi connectivity index (χ4v) is 11.4. The van der Waals surface area contributed by atoms with Gasteiger partial charge in [-0.25, -0.2) is 4.98 Å². The van der Waals surface area contributed by atoms with Crippen molar-refractivity contribution >= 4 is 55.3 Å². The van der Waals surface area contributed by atoms with Gasteiger partial charge in [-0.05, 0) is 124 Å². The first-order valence-corrected chi connectivity index (χ1v) is 22.6. The van der Waals surface area contributed by atoms with Crippen LogP contribution in [0, 0.1) is 57.6 Å². The summed E-state index contributed by atoms with van der Waals surface area (Å²) in [7, 11) is 0. The first kappa shape index (κ1) is 43.5. The molecule has 64 heavy (non-hydrogen) atoms. The maximum absolute atomic E-state index is 6.02. The number of nitrogens with zero attached hydrogens (tertiary/aromatic N) is 5. The second-order valence-corrected chi connectivity index (χ2v) is 19.5. The Morgan fingerprint density at radius 3 is 1.86 bits per heavy atom. The summed E-state index contributed by atoms with van der Waals surface area (Å²) in [5.41, 5.74) is 14.6. The van der Waals surface area contributed by atoms with Gasteiger partial charge in [-0.3, -0.25) is 0 Å². The molecule has 0 radical (unpaired) electrons. The molecule has 324 valence electrons. The van der Waals surface area contributed by atoms with Gasteiger partial charge in [-0.1, -0.05) is 122 Å². The summed E-state index contributed by atoms with van der Waals surface area (Å²) in [6.45, 7) is 25.5. The smallest absolute Gasteiger partial charge is 0.358 e. The van der Waals surface area contributed by atoms with E-state index in [-0.39, 0.29) is 26.6 Å². The number of para-hydroxylation sites is 1.